The third-order valence-corrected chi connectivity index (χ3v) is 2.74. The summed E-state index contributed by atoms with van der Waals surface area (Å²) in [5, 5.41) is 14.1. The molecule has 0 bridgehead atoms. The van der Waals surface area contributed by atoms with Gasteiger partial charge in [0.1, 0.15) is 0 Å². The number of rotatable bonds is 9. The van der Waals surface area contributed by atoms with Crippen LogP contribution in [-0.4, -0.2) is 35.3 Å². The second-order valence-corrected chi connectivity index (χ2v) is 4.39. The minimum Gasteiger partial charge on any atom is -0.407 e. The minimum atomic E-state index is 0.525. The predicted molar refractivity (Wildman–Crippen MR) is 67.8 cm³/mol. The van der Waals surface area contributed by atoms with Crippen LogP contribution in [0.25, 0.3) is 0 Å². The zero-order valence-electron chi connectivity index (χ0n) is 9.95. The molecular formula is C10H20N4OS. The normalized spacial score (nSPS) is 10.6. The second kappa shape index (κ2) is 8.41. The Kier molecular flexibility index (Phi) is 7.00. The van der Waals surface area contributed by atoms with Crippen molar-refractivity contribution in [2.24, 2.45) is 0 Å². The zero-order valence-corrected chi connectivity index (χ0v) is 10.8. The van der Waals surface area contributed by atoms with Crippen molar-refractivity contribution in [3.8, 4) is 0 Å². The second-order valence-electron chi connectivity index (χ2n) is 3.41. The summed E-state index contributed by atoms with van der Waals surface area (Å²) in [6, 6.07) is 0.525. The smallest absolute Gasteiger partial charge is 0.315 e. The molecule has 1 aromatic rings. The Balaban J connectivity index is 2.14. The van der Waals surface area contributed by atoms with Crippen molar-refractivity contribution >= 4 is 17.8 Å². The van der Waals surface area contributed by atoms with Crippen LogP contribution in [0.5, 0.6) is 0 Å². The van der Waals surface area contributed by atoms with E-state index < -0.39 is 0 Å². The molecule has 2 N–H and O–H groups in total. The molecule has 1 heterocycles. The van der Waals surface area contributed by atoms with Gasteiger partial charge in [-0.15, -0.1) is 5.10 Å². The van der Waals surface area contributed by atoms with Crippen LogP contribution in [0.3, 0.4) is 0 Å². The molecule has 0 aliphatic heterocycles. The van der Waals surface area contributed by atoms with Gasteiger partial charge in [0, 0.05) is 6.54 Å². The van der Waals surface area contributed by atoms with E-state index in [2.05, 4.69) is 27.1 Å². The number of unbranched alkanes of at least 4 members (excludes halogenated alkanes) is 1. The summed E-state index contributed by atoms with van der Waals surface area (Å²) in [7, 11) is 0. The molecule has 0 saturated heterocycles. The summed E-state index contributed by atoms with van der Waals surface area (Å²) in [5.41, 5.74) is 0. The SMILES string of the molecule is CCNCc1nnc(NCCCCSC)o1. The van der Waals surface area contributed by atoms with Crippen LogP contribution in [0.2, 0.25) is 0 Å². The summed E-state index contributed by atoms with van der Waals surface area (Å²) in [6.07, 6.45) is 4.47. The monoisotopic (exact) mass is 244 g/mol. The van der Waals surface area contributed by atoms with Crippen molar-refractivity contribution in [2.45, 2.75) is 26.3 Å². The third kappa shape index (κ3) is 5.37. The van der Waals surface area contributed by atoms with Gasteiger partial charge < -0.3 is 15.1 Å². The number of nitrogens with one attached hydrogen (secondary N) is 2. The van der Waals surface area contributed by atoms with Gasteiger partial charge in [-0.1, -0.05) is 12.0 Å². The predicted octanol–water partition coefficient (Wildman–Crippen LogP) is 1.73. The molecule has 16 heavy (non-hydrogen) atoms. The molecule has 0 spiro atoms. The number of aromatic nitrogens is 2. The first kappa shape index (κ1) is 13.3. The molecule has 0 saturated carbocycles. The van der Waals surface area contributed by atoms with Crippen LogP contribution in [0.15, 0.2) is 4.42 Å². The van der Waals surface area contributed by atoms with Crippen molar-refractivity contribution in [1.82, 2.24) is 15.5 Å². The van der Waals surface area contributed by atoms with Gasteiger partial charge in [0.05, 0.1) is 6.54 Å². The Morgan fingerprint density at radius 2 is 2.19 bits per heavy atom. The lowest BCUT2D eigenvalue weighted by molar-refractivity contribution is 0.481. The minimum absolute atomic E-state index is 0.525. The Morgan fingerprint density at radius 3 is 2.94 bits per heavy atom. The van der Waals surface area contributed by atoms with E-state index >= 15 is 0 Å². The fourth-order valence-electron chi connectivity index (χ4n) is 1.20. The largest absolute Gasteiger partial charge is 0.407 e. The fraction of sp³-hybridized carbons (Fsp3) is 0.800. The lowest BCUT2D eigenvalue weighted by Gasteiger charge is -2.00. The molecule has 5 nitrogen and oxygen atoms in total. The van der Waals surface area contributed by atoms with E-state index in [4.69, 9.17) is 4.42 Å². The van der Waals surface area contributed by atoms with E-state index in [0.29, 0.717) is 18.5 Å². The quantitative estimate of drug-likeness (QED) is 0.645. The standard InChI is InChI=1S/C10H20N4OS/c1-3-11-8-9-13-14-10(15-9)12-6-4-5-7-16-2/h11H,3-8H2,1-2H3,(H,12,14). The molecule has 0 radical (unpaired) electrons. The van der Waals surface area contributed by atoms with Crippen LogP contribution in [0, 0.1) is 0 Å². The number of thioether (sulfide) groups is 1. The molecule has 6 heteroatoms. The number of hydrogen-bond acceptors (Lipinski definition) is 6. The van der Waals surface area contributed by atoms with Crippen molar-refractivity contribution in [2.75, 3.05) is 30.4 Å². The van der Waals surface area contributed by atoms with Gasteiger partial charge in [0.25, 0.3) is 0 Å². The van der Waals surface area contributed by atoms with E-state index in [0.717, 1.165) is 19.5 Å². The molecule has 0 amide bonds. The molecule has 0 unspecified atom stereocenters. The molecule has 1 rings (SSSR count). The molecule has 0 atom stereocenters. The summed E-state index contributed by atoms with van der Waals surface area (Å²) >= 11 is 1.87. The Labute approximate surface area is 101 Å². The van der Waals surface area contributed by atoms with Crippen LogP contribution in [0.1, 0.15) is 25.7 Å². The average molecular weight is 244 g/mol. The number of anilines is 1. The first-order valence-electron chi connectivity index (χ1n) is 5.62. The van der Waals surface area contributed by atoms with Crippen LogP contribution < -0.4 is 10.6 Å². The van der Waals surface area contributed by atoms with Gasteiger partial charge in [-0.2, -0.15) is 11.8 Å². The summed E-state index contributed by atoms with van der Waals surface area (Å²) < 4.78 is 5.39. The fourth-order valence-corrected chi connectivity index (χ4v) is 1.69. The number of hydrogen-bond donors (Lipinski definition) is 2. The van der Waals surface area contributed by atoms with Gasteiger partial charge in [0.2, 0.25) is 5.89 Å². The van der Waals surface area contributed by atoms with Gasteiger partial charge in [-0.25, -0.2) is 0 Å². The van der Waals surface area contributed by atoms with Gasteiger partial charge >= 0.3 is 6.01 Å². The summed E-state index contributed by atoms with van der Waals surface area (Å²) in [6.45, 7) is 4.47. The van der Waals surface area contributed by atoms with Crippen LogP contribution >= 0.6 is 11.8 Å². The maximum absolute atomic E-state index is 5.39. The zero-order chi connectivity index (χ0) is 11.6. The molecule has 0 aliphatic carbocycles. The van der Waals surface area contributed by atoms with Crippen molar-refractivity contribution in [1.29, 1.82) is 0 Å². The van der Waals surface area contributed by atoms with Crippen LogP contribution in [-0.2, 0) is 6.54 Å². The highest BCUT2D eigenvalue weighted by Gasteiger charge is 2.03. The number of nitrogens with zero attached hydrogens (tertiary/aromatic N) is 2. The van der Waals surface area contributed by atoms with Gasteiger partial charge in [-0.3, -0.25) is 0 Å². The van der Waals surface area contributed by atoms with Crippen molar-refractivity contribution < 1.29 is 4.42 Å². The molecule has 0 aromatic carbocycles. The highest BCUT2D eigenvalue weighted by molar-refractivity contribution is 7.98. The lowest BCUT2D eigenvalue weighted by atomic mass is 10.3. The Bertz CT molecular complexity index is 280. The van der Waals surface area contributed by atoms with Gasteiger partial charge in [-0.05, 0) is 31.4 Å². The lowest BCUT2D eigenvalue weighted by Crippen LogP contribution is -2.11. The first-order chi connectivity index (χ1) is 7.86. The van der Waals surface area contributed by atoms with E-state index in [1.165, 1.54) is 12.2 Å². The highest BCUT2D eigenvalue weighted by atomic mass is 32.2. The topological polar surface area (TPSA) is 63.0 Å². The maximum atomic E-state index is 5.39. The molecule has 0 fully saturated rings. The van der Waals surface area contributed by atoms with Gasteiger partial charge in [0.15, 0.2) is 0 Å². The van der Waals surface area contributed by atoms with E-state index in [9.17, 15) is 0 Å². The van der Waals surface area contributed by atoms with Crippen LogP contribution in [0.4, 0.5) is 6.01 Å². The molecule has 1 aromatic heterocycles. The van der Waals surface area contributed by atoms with E-state index in [1.54, 1.807) is 0 Å². The van der Waals surface area contributed by atoms with E-state index in [1.807, 2.05) is 18.7 Å². The third-order valence-electron chi connectivity index (χ3n) is 2.04. The van der Waals surface area contributed by atoms with Crippen molar-refractivity contribution in [3.05, 3.63) is 5.89 Å². The first-order valence-corrected chi connectivity index (χ1v) is 7.02. The molecular weight excluding hydrogens is 224 g/mol. The Morgan fingerprint density at radius 1 is 1.31 bits per heavy atom. The molecule has 0 aliphatic rings. The Hall–Kier alpha value is -0.750. The summed E-state index contributed by atoms with van der Waals surface area (Å²) in [4.78, 5) is 0. The van der Waals surface area contributed by atoms with Crippen molar-refractivity contribution in [3.63, 3.8) is 0 Å². The average Bonchev–Trinajstić information content (AvgIpc) is 2.74. The highest BCUT2D eigenvalue weighted by Crippen LogP contribution is 2.06. The maximum Gasteiger partial charge on any atom is 0.315 e. The van der Waals surface area contributed by atoms with E-state index in [-0.39, 0.29) is 0 Å². The molecule has 92 valence electrons. The summed E-state index contributed by atoms with van der Waals surface area (Å²) in [5.74, 6) is 1.84.